The average molecular weight is 192 g/mol. The molecule has 0 radical (unpaired) electrons. The Kier molecular flexibility index (Phi) is 2.59. The quantitative estimate of drug-likeness (QED) is 0.598. The van der Waals surface area contributed by atoms with Crippen LogP contribution < -0.4 is 0 Å². The van der Waals surface area contributed by atoms with Crippen LogP contribution in [0.5, 0.6) is 0 Å². The Labute approximate surface area is 73.2 Å². The number of aryl methyl sites for hydroxylation is 1. The lowest BCUT2D eigenvalue weighted by Gasteiger charge is -2.10. The first kappa shape index (κ1) is 10.0. The number of benzene rings is 1. The Bertz CT molecular complexity index is 301. The van der Waals surface area contributed by atoms with Crippen molar-refractivity contribution in [2.45, 2.75) is 19.5 Å². The highest BCUT2D eigenvalue weighted by molar-refractivity contribution is 5.30. The summed E-state index contributed by atoms with van der Waals surface area (Å²) in [5.41, 5.74) is -0.760. The summed E-state index contributed by atoms with van der Waals surface area (Å²) in [7, 11) is 0. The summed E-state index contributed by atoms with van der Waals surface area (Å²) >= 11 is 0. The highest BCUT2D eigenvalue weighted by atomic mass is 19.4. The smallest absolute Gasteiger partial charge is 0.207 e. The van der Waals surface area contributed by atoms with Crippen molar-refractivity contribution >= 4 is 0 Å². The van der Waals surface area contributed by atoms with E-state index in [0.717, 1.165) is 12.1 Å². The second kappa shape index (κ2) is 3.36. The van der Waals surface area contributed by atoms with Crippen LogP contribution in [0.3, 0.4) is 0 Å². The summed E-state index contributed by atoms with van der Waals surface area (Å²) in [6, 6.07) is 2.73. The maximum absolute atomic E-state index is 12.5. The molecule has 72 valence electrons. The topological polar surface area (TPSA) is 0 Å². The van der Waals surface area contributed by atoms with Crippen LogP contribution in [0.25, 0.3) is 0 Å². The first-order chi connectivity index (χ1) is 5.95. The average Bonchev–Trinajstić information content (AvgIpc) is 2.03. The fraction of sp³-hybridized carbons (Fsp3) is 0.333. The van der Waals surface area contributed by atoms with Crippen LogP contribution in [0, 0.1) is 5.82 Å². The molecule has 0 bridgehead atoms. The summed E-state index contributed by atoms with van der Waals surface area (Å²) in [5.74, 6) is -0.857. The molecule has 1 aromatic carbocycles. The fourth-order valence-electron chi connectivity index (χ4n) is 1.12. The predicted octanol–water partition coefficient (Wildman–Crippen LogP) is 3.41. The lowest BCUT2D eigenvalue weighted by molar-refractivity contribution is -0.138. The van der Waals surface area contributed by atoms with E-state index in [-0.39, 0.29) is 12.0 Å². The Morgan fingerprint density at radius 2 is 1.85 bits per heavy atom. The number of hydrogen-bond donors (Lipinski definition) is 0. The second-order valence-corrected chi connectivity index (χ2v) is 2.65. The summed E-state index contributed by atoms with van der Waals surface area (Å²) in [6.07, 6.45) is -4.22. The maximum Gasteiger partial charge on any atom is 0.416 e. The standard InChI is InChI=1S/C9H8F4/c1-2-6-3-4-7(10)5-8(6)9(11,12)13/h3-5H,2H2,1H3. The van der Waals surface area contributed by atoms with Gasteiger partial charge < -0.3 is 0 Å². The minimum absolute atomic E-state index is 0.119. The van der Waals surface area contributed by atoms with Gasteiger partial charge in [0.15, 0.2) is 0 Å². The SMILES string of the molecule is CCc1ccc(F)cc1C(F)(F)F. The molecule has 0 saturated heterocycles. The predicted molar refractivity (Wildman–Crippen MR) is 40.8 cm³/mol. The highest BCUT2D eigenvalue weighted by Crippen LogP contribution is 2.32. The van der Waals surface area contributed by atoms with Crippen molar-refractivity contribution in [2.24, 2.45) is 0 Å². The van der Waals surface area contributed by atoms with Gasteiger partial charge in [-0.25, -0.2) is 4.39 Å². The number of hydrogen-bond acceptors (Lipinski definition) is 0. The van der Waals surface area contributed by atoms with Gasteiger partial charge in [-0.2, -0.15) is 13.2 Å². The number of rotatable bonds is 1. The van der Waals surface area contributed by atoms with Crippen LogP contribution in [0.15, 0.2) is 18.2 Å². The minimum Gasteiger partial charge on any atom is -0.207 e. The van der Waals surface area contributed by atoms with Gasteiger partial charge in [-0.3, -0.25) is 0 Å². The zero-order valence-electron chi connectivity index (χ0n) is 6.95. The molecule has 0 amide bonds. The highest BCUT2D eigenvalue weighted by Gasteiger charge is 2.33. The number of alkyl halides is 3. The Morgan fingerprint density at radius 1 is 1.23 bits per heavy atom. The molecule has 0 unspecified atom stereocenters. The van der Waals surface area contributed by atoms with Crippen LogP contribution in [0.4, 0.5) is 17.6 Å². The maximum atomic E-state index is 12.5. The van der Waals surface area contributed by atoms with Gasteiger partial charge in [0.2, 0.25) is 0 Å². The Hall–Kier alpha value is -1.06. The van der Waals surface area contributed by atoms with E-state index < -0.39 is 17.6 Å². The van der Waals surface area contributed by atoms with E-state index in [1.807, 2.05) is 0 Å². The molecular formula is C9H8F4. The van der Waals surface area contributed by atoms with Crippen molar-refractivity contribution in [1.82, 2.24) is 0 Å². The molecule has 0 fully saturated rings. The molecule has 0 aliphatic heterocycles. The molecule has 1 aromatic rings. The van der Waals surface area contributed by atoms with Crippen LogP contribution in [-0.2, 0) is 12.6 Å². The molecular weight excluding hydrogens is 184 g/mol. The minimum atomic E-state index is -4.46. The summed E-state index contributed by atoms with van der Waals surface area (Å²) in [4.78, 5) is 0. The molecule has 0 aliphatic carbocycles. The van der Waals surface area contributed by atoms with Crippen molar-refractivity contribution in [3.63, 3.8) is 0 Å². The first-order valence-electron chi connectivity index (χ1n) is 3.80. The third kappa shape index (κ3) is 2.20. The molecule has 0 saturated carbocycles. The molecule has 0 spiro atoms. The third-order valence-corrected chi connectivity index (χ3v) is 1.76. The first-order valence-corrected chi connectivity index (χ1v) is 3.80. The fourth-order valence-corrected chi connectivity index (χ4v) is 1.12. The van der Waals surface area contributed by atoms with E-state index in [1.54, 1.807) is 6.92 Å². The van der Waals surface area contributed by atoms with Crippen LogP contribution in [0.1, 0.15) is 18.1 Å². The second-order valence-electron chi connectivity index (χ2n) is 2.65. The largest absolute Gasteiger partial charge is 0.416 e. The van der Waals surface area contributed by atoms with Gasteiger partial charge in [0.1, 0.15) is 5.82 Å². The Balaban J connectivity index is 3.24. The third-order valence-electron chi connectivity index (χ3n) is 1.76. The van der Waals surface area contributed by atoms with E-state index in [9.17, 15) is 17.6 Å². The zero-order chi connectivity index (χ0) is 10.1. The molecule has 4 heteroatoms. The van der Waals surface area contributed by atoms with Crippen molar-refractivity contribution in [3.8, 4) is 0 Å². The summed E-state index contributed by atoms with van der Waals surface area (Å²) in [6.45, 7) is 1.60. The van der Waals surface area contributed by atoms with E-state index in [0.29, 0.717) is 6.07 Å². The lowest BCUT2D eigenvalue weighted by atomic mass is 10.0. The van der Waals surface area contributed by atoms with Gasteiger partial charge in [-0.15, -0.1) is 0 Å². The van der Waals surface area contributed by atoms with Crippen LogP contribution >= 0.6 is 0 Å². The Morgan fingerprint density at radius 3 is 2.31 bits per heavy atom. The molecule has 0 atom stereocenters. The van der Waals surface area contributed by atoms with E-state index >= 15 is 0 Å². The van der Waals surface area contributed by atoms with Crippen LogP contribution in [-0.4, -0.2) is 0 Å². The van der Waals surface area contributed by atoms with Gasteiger partial charge >= 0.3 is 6.18 Å². The van der Waals surface area contributed by atoms with E-state index in [2.05, 4.69) is 0 Å². The van der Waals surface area contributed by atoms with Gasteiger partial charge in [0.25, 0.3) is 0 Å². The van der Waals surface area contributed by atoms with Crippen molar-refractivity contribution in [3.05, 3.63) is 35.1 Å². The molecule has 13 heavy (non-hydrogen) atoms. The molecule has 0 N–H and O–H groups in total. The molecule has 0 aliphatic rings. The van der Waals surface area contributed by atoms with Crippen molar-refractivity contribution in [2.75, 3.05) is 0 Å². The van der Waals surface area contributed by atoms with E-state index in [1.165, 1.54) is 0 Å². The summed E-state index contributed by atoms with van der Waals surface area (Å²) in [5, 5.41) is 0. The normalized spacial score (nSPS) is 11.8. The summed E-state index contributed by atoms with van der Waals surface area (Å²) < 4.78 is 49.3. The van der Waals surface area contributed by atoms with Crippen molar-refractivity contribution < 1.29 is 17.6 Å². The molecule has 1 rings (SSSR count). The number of halogens is 4. The van der Waals surface area contributed by atoms with E-state index in [4.69, 9.17) is 0 Å². The van der Waals surface area contributed by atoms with Gasteiger partial charge in [-0.1, -0.05) is 13.0 Å². The van der Waals surface area contributed by atoms with Gasteiger partial charge in [0.05, 0.1) is 5.56 Å². The molecule has 0 nitrogen and oxygen atoms in total. The van der Waals surface area contributed by atoms with Gasteiger partial charge in [-0.05, 0) is 24.1 Å². The molecule has 0 heterocycles. The zero-order valence-corrected chi connectivity index (χ0v) is 6.95. The molecule has 0 aromatic heterocycles. The van der Waals surface area contributed by atoms with Gasteiger partial charge in [0, 0.05) is 0 Å². The monoisotopic (exact) mass is 192 g/mol. The lowest BCUT2D eigenvalue weighted by Crippen LogP contribution is -2.09. The van der Waals surface area contributed by atoms with Crippen molar-refractivity contribution in [1.29, 1.82) is 0 Å². The van der Waals surface area contributed by atoms with Crippen LogP contribution in [0.2, 0.25) is 0 Å².